The monoisotopic (exact) mass is 320 g/mol. The van der Waals surface area contributed by atoms with E-state index in [9.17, 15) is 0 Å². The Labute approximate surface area is 107 Å². The molecule has 3 rings (SSSR count). The van der Waals surface area contributed by atoms with Crippen molar-refractivity contribution in [1.82, 2.24) is 9.97 Å². The maximum atomic E-state index is 4.37. The van der Waals surface area contributed by atoms with Gasteiger partial charge in [0.05, 0.1) is 17.4 Å². The molecule has 16 heavy (non-hydrogen) atoms. The fourth-order valence-electron chi connectivity index (χ4n) is 1.85. The molecule has 0 aliphatic carbocycles. The lowest BCUT2D eigenvalue weighted by atomic mass is 10.0. The lowest BCUT2D eigenvalue weighted by Gasteiger charge is -2.03. The Morgan fingerprint density at radius 3 is 2.81 bits per heavy atom. The summed E-state index contributed by atoms with van der Waals surface area (Å²) in [5.74, 6) is 0. The quantitative estimate of drug-likeness (QED) is 0.678. The van der Waals surface area contributed by atoms with Gasteiger partial charge in [-0.3, -0.25) is 0 Å². The minimum atomic E-state index is 1.03. The van der Waals surface area contributed by atoms with Crippen LogP contribution in [0.15, 0.2) is 48.8 Å². The maximum Gasteiger partial charge on any atom is 0.0960 e. The summed E-state index contributed by atoms with van der Waals surface area (Å²) in [5, 5.41) is 0. The zero-order chi connectivity index (χ0) is 11.0. The summed E-state index contributed by atoms with van der Waals surface area (Å²) in [7, 11) is 0. The molecular formula is C13H9IN2. The highest BCUT2D eigenvalue weighted by atomic mass is 127. The smallest absolute Gasteiger partial charge is 0.0960 e. The molecule has 0 saturated heterocycles. The molecule has 1 heterocycles. The summed E-state index contributed by atoms with van der Waals surface area (Å²) in [6.07, 6.45) is 1.74. The number of para-hydroxylation sites is 1. The van der Waals surface area contributed by atoms with Crippen LogP contribution >= 0.6 is 22.6 Å². The molecule has 0 bridgehead atoms. The highest BCUT2D eigenvalue weighted by Gasteiger charge is 2.05. The van der Waals surface area contributed by atoms with Crippen molar-refractivity contribution in [3.8, 4) is 11.1 Å². The van der Waals surface area contributed by atoms with Crippen LogP contribution in [0.25, 0.3) is 22.2 Å². The number of rotatable bonds is 1. The molecule has 1 N–H and O–H groups in total. The van der Waals surface area contributed by atoms with Gasteiger partial charge in [-0.2, -0.15) is 0 Å². The second kappa shape index (κ2) is 3.90. The summed E-state index contributed by atoms with van der Waals surface area (Å²) in [5.41, 5.74) is 4.50. The first-order valence-electron chi connectivity index (χ1n) is 5.02. The molecule has 3 aromatic rings. The van der Waals surface area contributed by atoms with Gasteiger partial charge in [-0.1, -0.05) is 24.3 Å². The predicted molar refractivity (Wildman–Crippen MR) is 74.2 cm³/mol. The van der Waals surface area contributed by atoms with Gasteiger partial charge in [0.1, 0.15) is 0 Å². The lowest BCUT2D eigenvalue weighted by Crippen LogP contribution is -1.81. The SMILES string of the molecule is Ic1cccc(-c2cccc3[nH]cnc23)c1. The third-order valence-corrected chi connectivity index (χ3v) is 3.26. The fourth-order valence-corrected chi connectivity index (χ4v) is 2.40. The van der Waals surface area contributed by atoms with Gasteiger partial charge in [-0.15, -0.1) is 0 Å². The molecular weight excluding hydrogens is 311 g/mol. The predicted octanol–water partition coefficient (Wildman–Crippen LogP) is 3.83. The topological polar surface area (TPSA) is 28.7 Å². The summed E-state index contributed by atoms with van der Waals surface area (Å²) in [4.78, 5) is 7.50. The second-order valence-electron chi connectivity index (χ2n) is 3.61. The normalized spacial score (nSPS) is 10.8. The zero-order valence-corrected chi connectivity index (χ0v) is 10.6. The van der Waals surface area contributed by atoms with Crippen molar-refractivity contribution in [3.05, 3.63) is 52.4 Å². The number of nitrogens with zero attached hydrogens (tertiary/aromatic N) is 1. The molecule has 0 atom stereocenters. The first-order valence-corrected chi connectivity index (χ1v) is 6.10. The van der Waals surface area contributed by atoms with Gasteiger partial charge in [0, 0.05) is 9.13 Å². The van der Waals surface area contributed by atoms with Crippen LogP contribution in [-0.4, -0.2) is 9.97 Å². The van der Waals surface area contributed by atoms with Crippen molar-refractivity contribution < 1.29 is 0 Å². The van der Waals surface area contributed by atoms with E-state index in [-0.39, 0.29) is 0 Å². The van der Waals surface area contributed by atoms with E-state index in [1.807, 2.05) is 6.07 Å². The van der Waals surface area contributed by atoms with Gasteiger partial charge in [0.15, 0.2) is 0 Å². The average molecular weight is 320 g/mol. The molecule has 0 radical (unpaired) electrons. The molecule has 0 aliphatic rings. The summed E-state index contributed by atoms with van der Waals surface area (Å²) < 4.78 is 1.24. The number of nitrogens with one attached hydrogen (secondary N) is 1. The van der Waals surface area contributed by atoms with Crippen LogP contribution in [0.2, 0.25) is 0 Å². The molecule has 0 unspecified atom stereocenters. The van der Waals surface area contributed by atoms with E-state index >= 15 is 0 Å². The number of H-pyrrole nitrogens is 1. The minimum absolute atomic E-state index is 1.03. The number of aromatic amines is 1. The molecule has 0 spiro atoms. The Morgan fingerprint density at radius 1 is 1.06 bits per heavy atom. The van der Waals surface area contributed by atoms with E-state index < -0.39 is 0 Å². The lowest BCUT2D eigenvalue weighted by molar-refractivity contribution is 1.34. The Morgan fingerprint density at radius 2 is 1.94 bits per heavy atom. The van der Waals surface area contributed by atoms with Crippen molar-refractivity contribution in [2.75, 3.05) is 0 Å². The molecule has 2 nitrogen and oxygen atoms in total. The summed E-state index contributed by atoms with van der Waals surface area (Å²) in [6.45, 7) is 0. The number of halogens is 1. The van der Waals surface area contributed by atoms with Crippen molar-refractivity contribution in [3.63, 3.8) is 0 Å². The number of imidazole rings is 1. The van der Waals surface area contributed by atoms with Crippen LogP contribution in [0.5, 0.6) is 0 Å². The summed E-state index contributed by atoms with van der Waals surface area (Å²) in [6, 6.07) is 14.6. The van der Waals surface area contributed by atoms with Crippen LogP contribution in [0.4, 0.5) is 0 Å². The zero-order valence-electron chi connectivity index (χ0n) is 8.44. The van der Waals surface area contributed by atoms with Gasteiger partial charge >= 0.3 is 0 Å². The van der Waals surface area contributed by atoms with Gasteiger partial charge in [-0.25, -0.2) is 4.98 Å². The molecule has 2 aromatic carbocycles. The Hall–Kier alpha value is -1.36. The largest absolute Gasteiger partial charge is 0.345 e. The van der Waals surface area contributed by atoms with Gasteiger partial charge in [-0.05, 0) is 46.4 Å². The van der Waals surface area contributed by atoms with Crippen LogP contribution in [0.1, 0.15) is 0 Å². The number of aromatic nitrogens is 2. The molecule has 3 heteroatoms. The third kappa shape index (κ3) is 1.61. The van der Waals surface area contributed by atoms with Crippen LogP contribution in [-0.2, 0) is 0 Å². The van der Waals surface area contributed by atoms with Gasteiger partial charge < -0.3 is 4.98 Å². The molecule has 0 fully saturated rings. The molecule has 0 aliphatic heterocycles. The number of fused-ring (bicyclic) bond motifs is 1. The first-order chi connectivity index (χ1) is 7.84. The number of hydrogen-bond acceptors (Lipinski definition) is 1. The van der Waals surface area contributed by atoms with Crippen LogP contribution in [0, 0.1) is 3.57 Å². The van der Waals surface area contributed by atoms with Gasteiger partial charge in [0.2, 0.25) is 0 Å². The molecule has 78 valence electrons. The minimum Gasteiger partial charge on any atom is -0.345 e. The van der Waals surface area contributed by atoms with E-state index in [4.69, 9.17) is 0 Å². The van der Waals surface area contributed by atoms with Crippen molar-refractivity contribution >= 4 is 33.6 Å². The van der Waals surface area contributed by atoms with Crippen molar-refractivity contribution in [2.24, 2.45) is 0 Å². The second-order valence-corrected chi connectivity index (χ2v) is 4.86. The van der Waals surface area contributed by atoms with E-state index in [2.05, 4.69) is 69.0 Å². The van der Waals surface area contributed by atoms with Gasteiger partial charge in [0.25, 0.3) is 0 Å². The van der Waals surface area contributed by atoms with E-state index in [0.29, 0.717) is 0 Å². The molecule has 0 saturated carbocycles. The Bertz CT molecular complexity index is 643. The molecule has 1 aromatic heterocycles. The third-order valence-electron chi connectivity index (χ3n) is 2.59. The van der Waals surface area contributed by atoms with Crippen molar-refractivity contribution in [2.45, 2.75) is 0 Å². The highest BCUT2D eigenvalue weighted by Crippen LogP contribution is 2.27. The Balaban J connectivity index is 2.29. The standard InChI is InChI=1S/C13H9IN2/c14-10-4-1-3-9(7-10)11-5-2-6-12-13(11)16-8-15-12/h1-8H,(H,15,16). The average Bonchev–Trinajstić information content (AvgIpc) is 2.76. The van der Waals surface area contributed by atoms with Crippen LogP contribution < -0.4 is 0 Å². The van der Waals surface area contributed by atoms with E-state index in [1.54, 1.807) is 6.33 Å². The highest BCUT2D eigenvalue weighted by molar-refractivity contribution is 14.1. The van der Waals surface area contributed by atoms with E-state index in [1.165, 1.54) is 14.7 Å². The summed E-state index contributed by atoms with van der Waals surface area (Å²) >= 11 is 2.33. The Kier molecular flexibility index (Phi) is 2.40. The molecule has 0 amide bonds. The fraction of sp³-hybridized carbons (Fsp3) is 0. The van der Waals surface area contributed by atoms with E-state index in [0.717, 1.165) is 11.0 Å². The first kappa shape index (κ1) is 9.84. The maximum absolute atomic E-state index is 4.37. The van der Waals surface area contributed by atoms with Crippen molar-refractivity contribution in [1.29, 1.82) is 0 Å². The van der Waals surface area contributed by atoms with Crippen LogP contribution in [0.3, 0.4) is 0 Å². The number of benzene rings is 2. The number of hydrogen-bond donors (Lipinski definition) is 1.